The molecule has 19 heavy (non-hydrogen) atoms. The molecule has 0 fully saturated rings. The van der Waals surface area contributed by atoms with Gasteiger partial charge < -0.3 is 10.4 Å². The van der Waals surface area contributed by atoms with Crippen LogP contribution in [0.2, 0.25) is 0 Å². The first-order valence-corrected chi connectivity index (χ1v) is 6.09. The zero-order valence-electron chi connectivity index (χ0n) is 9.86. The van der Waals surface area contributed by atoms with Crippen molar-refractivity contribution >= 4 is 23.2 Å². The number of phenols is 1. The Hall–Kier alpha value is -2.07. The van der Waals surface area contributed by atoms with Crippen molar-refractivity contribution in [1.29, 1.82) is 0 Å². The molecule has 0 bridgehead atoms. The van der Waals surface area contributed by atoms with Crippen molar-refractivity contribution in [1.82, 2.24) is 0 Å². The predicted molar refractivity (Wildman–Crippen MR) is 72.0 cm³/mol. The van der Waals surface area contributed by atoms with Gasteiger partial charge in [-0.05, 0) is 29.8 Å². The van der Waals surface area contributed by atoms with Gasteiger partial charge in [0.15, 0.2) is 0 Å². The van der Waals surface area contributed by atoms with Gasteiger partial charge in [-0.3, -0.25) is 4.79 Å². The largest absolute Gasteiger partial charge is 0.507 e. The van der Waals surface area contributed by atoms with Gasteiger partial charge in [0.2, 0.25) is 0 Å². The minimum absolute atomic E-state index is 0.314. The van der Waals surface area contributed by atoms with Gasteiger partial charge >= 0.3 is 0 Å². The Bertz CT molecular complexity index is 596. The number of anilines is 1. The Morgan fingerprint density at radius 1 is 1.26 bits per heavy atom. The van der Waals surface area contributed by atoms with Crippen molar-refractivity contribution in [2.75, 3.05) is 5.32 Å². The van der Waals surface area contributed by atoms with E-state index in [0.717, 1.165) is 11.6 Å². The van der Waals surface area contributed by atoms with Crippen molar-refractivity contribution < 1.29 is 14.3 Å². The van der Waals surface area contributed by atoms with Crippen LogP contribution in [0, 0.1) is 5.82 Å². The predicted octanol–water partition coefficient (Wildman–Crippen LogP) is 3.52. The fourth-order valence-electron chi connectivity index (χ4n) is 1.66. The van der Waals surface area contributed by atoms with Crippen molar-refractivity contribution in [3.05, 3.63) is 59.4 Å². The highest BCUT2D eigenvalue weighted by Crippen LogP contribution is 2.21. The Morgan fingerprint density at radius 2 is 2.00 bits per heavy atom. The maximum Gasteiger partial charge on any atom is 0.262 e. The number of hydrogen-bond donors (Lipinski definition) is 2. The van der Waals surface area contributed by atoms with E-state index in [4.69, 9.17) is 11.6 Å². The lowest BCUT2D eigenvalue weighted by molar-refractivity contribution is 0.102. The molecule has 2 N–H and O–H groups in total. The number of phenolic OH excluding ortho intramolecular Hbond substituents is 1. The molecule has 0 radical (unpaired) electrons. The van der Waals surface area contributed by atoms with Crippen LogP contribution in [0.25, 0.3) is 0 Å². The molecule has 2 rings (SSSR count). The molecule has 0 atom stereocenters. The van der Waals surface area contributed by atoms with Gasteiger partial charge in [-0.2, -0.15) is 0 Å². The maximum absolute atomic E-state index is 13.5. The number of aromatic hydroxyl groups is 1. The minimum Gasteiger partial charge on any atom is -0.507 e. The molecular formula is C14H11ClFNO2. The molecule has 0 aliphatic carbocycles. The molecule has 0 aliphatic heterocycles. The van der Waals surface area contributed by atoms with Gasteiger partial charge in [0.25, 0.3) is 5.91 Å². The van der Waals surface area contributed by atoms with E-state index in [2.05, 4.69) is 5.32 Å². The van der Waals surface area contributed by atoms with E-state index < -0.39 is 17.5 Å². The monoisotopic (exact) mass is 279 g/mol. The SMILES string of the molecule is O=C(Nc1cccc(CCl)c1)c1c(O)cccc1F. The normalized spacial score (nSPS) is 10.2. The highest BCUT2D eigenvalue weighted by molar-refractivity contribution is 6.17. The average molecular weight is 280 g/mol. The van der Waals surface area contributed by atoms with E-state index in [1.165, 1.54) is 12.1 Å². The first-order chi connectivity index (χ1) is 9.11. The third kappa shape index (κ3) is 3.03. The van der Waals surface area contributed by atoms with Crippen molar-refractivity contribution in [3.8, 4) is 5.75 Å². The highest BCUT2D eigenvalue weighted by atomic mass is 35.5. The van der Waals surface area contributed by atoms with E-state index >= 15 is 0 Å². The van der Waals surface area contributed by atoms with E-state index in [-0.39, 0.29) is 5.56 Å². The zero-order chi connectivity index (χ0) is 13.8. The van der Waals surface area contributed by atoms with E-state index in [0.29, 0.717) is 11.6 Å². The summed E-state index contributed by atoms with van der Waals surface area (Å²) < 4.78 is 13.5. The Kier molecular flexibility index (Phi) is 4.02. The molecule has 3 nitrogen and oxygen atoms in total. The lowest BCUT2D eigenvalue weighted by atomic mass is 10.1. The van der Waals surface area contributed by atoms with Crippen LogP contribution >= 0.6 is 11.6 Å². The second kappa shape index (κ2) is 5.71. The van der Waals surface area contributed by atoms with E-state index in [1.807, 2.05) is 6.07 Å². The first-order valence-electron chi connectivity index (χ1n) is 5.55. The summed E-state index contributed by atoms with van der Waals surface area (Å²) in [6, 6.07) is 10.6. The summed E-state index contributed by atoms with van der Waals surface area (Å²) in [5, 5.41) is 12.0. The summed E-state index contributed by atoms with van der Waals surface area (Å²) in [4.78, 5) is 11.9. The topological polar surface area (TPSA) is 49.3 Å². The van der Waals surface area contributed by atoms with Gasteiger partial charge in [0.1, 0.15) is 17.1 Å². The molecule has 1 amide bonds. The van der Waals surface area contributed by atoms with E-state index in [9.17, 15) is 14.3 Å². The molecule has 5 heteroatoms. The van der Waals surface area contributed by atoms with Crippen molar-refractivity contribution in [3.63, 3.8) is 0 Å². The first kappa shape index (κ1) is 13.4. The van der Waals surface area contributed by atoms with Crippen LogP contribution in [0.1, 0.15) is 15.9 Å². The third-order valence-corrected chi connectivity index (χ3v) is 2.87. The Labute approximate surface area is 114 Å². The number of hydrogen-bond acceptors (Lipinski definition) is 2. The number of amides is 1. The van der Waals surface area contributed by atoms with Crippen LogP contribution in [-0.4, -0.2) is 11.0 Å². The molecule has 0 saturated carbocycles. The number of nitrogens with one attached hydrogen (secondary N) is 1. The van der Waals surface area contributed by atoms with Crippen LogP contribution in [0.4, 0.5) is 10.1 Å². The minimum atomic E-state index is -0.772. The summed E-state index contributed by atoms with van der Waals surface area (Å²) in [6.45, 7) is 0. The average Bonchev–Trinajstić information content (AvgIpc) is 2.38. The number of carbonyl (C=O) groups is 1. The Morgan fingerprint density at radius 3 is 2.68 bits per heavy atom. The quantitative estimate of drug-likeness (QED) is 0.845. The number of benzene rings is 2. The molecule has 0 aliphatic rings. The molecule has 2 aromatic carbocycles. The highest BCUT2D eigenvalue weighted by Gasteiger charge is 2.16. The summed E-state index contributed by atoms with van der Waals surface area (Å²) in [5.74, 6) is -1.56. The number of carbonyl (C=O) groups excluding carboxylic acids is 1. The van der Waals surface area contributed by atoms with Gasteiger partial charge in [0, 0.05) is 11.6 Å². The van der Waals surface area contributed by atoms with Gasteiger partial charge in [-0.1, -0.05) is 18.2 Å². The third-order valence-electron chi connectivity index (χ3n) is 2.56. The molecule has 0 heterocycles. The fraction of sp³-hybridized carbons (Fsp3) is 0.0714. The molecule has 0 saturated heterocycles. The van der Waals surface area contributed by atoms with Crippen molar-refractivity contribution in [2.45, 2.75) is 5.88 Å². The molecule has 0 aromatic heterocycles. The Balaban J connectivity index is 2.26. The van der Waals surface area contributed by atoms with Crippen molar-refractivity contribution in [2.24, 2.45) is 0 Å². The lowest BCUT2D eigenvalue weighted by Crippen LogP contribution is -2.14. The van der Waals surface area contributed by atoms with Crippen LogP contribution in [-0.2, 0) is 5.88 Å². The number of alkyl halides is 1. The summed E-state index contributed by atoms with van der Waals surface area (Å²) in [5.41, 5.74) is 0.946. The standard InChI is InChI=1S/C14H11ClFNO2/c15-8-9-3-1-4-10(7-9)17-14(19)13-11(16)5-2-6-12(13)18/h1-7,18H,8H2,(H,17,19). The molecule has 98 valence electrons. The molecule has 0 unspecified atom stereocenters. The zero-order valence-corrected chi connectivity index (χ0v) is 10.6. The maximum atomic E-state index is 13.5. The van der Waals surface area contributed by atoms with Crippen LogP contribution < -0.4 is 5.32 Å². The second-order valence-electron chi connectivity index (χ2n) is 3.92. The van der Waals surface area contributed by atoms with E-state index in [1.54, 1.807) is 18.2 Å². The molecule has 0 spiro atoms. The van der Waals surface area contributed by atoms with Gasteiger partial charge in [-0.25, -0.2) is 4.39 Å². The van der Waals surface area contributed by atoms with Crippen LogP contribution in [0.15, 0.2) is 42.5 Å². The number of rotatable bonds is 3. The number of halogens is 2. The van der Waals surface area contributed by atoms with Gasteiger partial charge in [0.05, 0.1) is 0 Å². The van der Waals surface area contributed by atoms with Crippen LogP contribution in [0.3, 0.4) is 0 Å². The fourth-order valence-corrected chi connectivity index (χ4v) is 1.83. The molecular weight excluding hydrogens is 269 g/mol. The smallest absolute Gasteiger partial charge is 0.262 e. The molecule has 2 aromatic rings. The summed E-state index contributed by atoms with van der Waals surface area (Å²) in [6.07, 6.45) is 0. The lowest BCUT2D eigenvalue weighted by Gasteiger charge is -2.08. The van der Waals surface area contributed by atoms with Crippen LogP contribution in [0.5, 0.6) is 5.75 Å². The summed E-state index contributed by atoms with van der Waals surface area (Å²) >= 11 is 5.69. The summed E-state index contributed by atoms with van der Waals surface area (Å²) in [7, 11) is 0. The second-order valence-corrected chi connectivity index (χ2v) is 4.19. The van der Waals surface area contributed by atoms with Gasteiger partial charge in [-0.15, -0.1) is 11.6 Å².